The average molecular weight is 429 g/mol. The molecule has 0 saturated carbocycles. The number of carbonyl (C=O) groups is 2. The quantitative estimate of drug-likeness (QED) is 0.635. The van der Waals surface area contributed by atoms with Gasteiger partial charge in [-0.15, -0.1) is 0 Å². The van der Waals surface area contributed by atoms with Gasteiger partial charge in [0.25, 0.3) is 0 Å². The minimum absolute atomic E-state index is 0.317. The van der Waals surface area contributed by atoms with Crippen molar-refractivity contribution in [1.82, 2.24) is 9.47 Å². The van der Waals surface area contributed by atoms with Crippen molar-refractivity contribution >= 4 is 22.8 Å². The number of benzene rings is 1. The van der Waals surface area contributed by atoms with E-state index in [1.807, 2.05) is 0 Å². The first-order valence-electron chi connectivity index (χ1n) is 11.1. The summed E-state index contributed by atoms with van der Waals surface area (Å²) in [6.45, 7) is 9.35. The number of hydrogen-bond donors (Lipinski definition) is 2. The lowest BCUT2D eigenvalue weighted by Gasteiger charge is -2.37. The molecule has 6 nitrogen and oxygen atoms in total. The molecule has 0 fully saturated rings. The van der Waals surface area contributed by atoms with E-state index in [1.165, 1.54) is 48.7 Å². The lowest BCUT2D eigenvalue weighted by Crippen LogP contribution is -2.33. The molecule has 0 bridgehead atoms. The molecule has 1 heterocycles. The molecule has 1 aliphatic rings. The summed E-state index contributed by atoms with van der Waals surface area (Å²) in [5.41, 5.74) is 6.63. The minimum Gasteiger partial charge on any atom is -0.478 e. The lowest BCUT2D eigenvalue weighted by atomic mass is 9.72. The van der Waals surface area contributed by atoms with Crippen LogP contribution in [0.1, 0.15) is 56.9 Å². The zero-order chi connectivity index (χ0) is 23.2. The number of hydrogen-bond acceptors (Lipinski definition) is 3. The van der Waals surface area contributed by atoms with Crippen molar-refractivity contribution in [3.63, 3.8) is 0 Å². The van der Waals surface area contributed by atoms with Gasteiger partial charge in [0, 0.05) is 35.2 Å². The van der Waals surface area contributed by atoms with Crippen LogP contribution in [0.5, 0.6) is 0 Å². The fraction of sp³-hybridized carbons (Fsp3) is 0.520. The van der Waals surface area contributed by atoms with Gasteiger partial charge < -0.3 is 19.7 Å². The molecular formula is C25H36N2O4. The second kappa shape index (κ2) is 10.6. The number of carboxylic acid groups (broad SMARTS) is 2. The van der Waals surface area contributed by atoms with Gasteiger partial charge >= 0.3 is 11.9 Å². The van der Waals surface area contributed by atoms with Crippen LogP contribution >= 0.6 is 0 Å². The Morgan fingerprint density at radius 3 is 2.32 bits per heavy atom. The SMILES string of the molecule is CCc1cccc2c3c(n(CC)c12)C(C)(CCN(C)C)CCC3.O=C(O)/C=C/C(=O)O. The maximum absolute atomic E-state index is 9.55. The van der Waals surface area contributed by atoms with Gasteiger partial charge in [0.1, 0.15) is 0 Å². The summed E-state index contributed by atoms with van der Waals surface area (Å²) in [7, 11) is 4.38. The second-order valence-corrected chi connectivity index (χ2v) is 8.72. The highest BCUT2D eigenvalue weighted by Gasteiger charge is 2.36. The summed E-state index contributed by atoms with van der Waals surface area (Å²) >= 11 is 0. The number of carboxylic acids is 2. The standard InChI is InChI=1S/C21H32N2.C4H4O4/c1-6-16-10-8-11-17-18-12-9-13-21(3,14-15-22(4)5)20(18)23(7-2)19(16)17;5-3(6)1-2-4(7)8/h8,10-11H,6-7,9,12-15H2,1-5H3;1-2H,(H,5,6)(H,7,8)/b;2-1+. The molecule has 31 heavy (non-hydrogen) atoms. The maximum Gasteiger partial charge on any atom is 0.328 e. The van der Waals surface area contributed by atoms with E-state index in [2.05, 4.69) is 62.5 Å². The van der Waals surface area contributed by atoms with Gasteiger partial charge in [0.05, 0.1) is 5.52 Å². The number of para-hydroxylation sites is 1. The third-order valence-electron chi connectivity index (χ3n) is 6.17. The predicted octanol–water partition coefficient (Wildman–Crippen LogP) is 4.48. The Bertz CT molecular complexity index is 942. The molecule has 1 aliphatic carbocycles. The average Bonchev–Trinajstić information content (AvgIpc) is 3.07. The lowest BCUT2D eigenvalue weighted by molar-refractivity contribution is -0.134. The van der Waals surface area contributed by atoms with Crippen molar-refractivity contribution in [2.24, 2.45) is 0 Å². The Morgan fingerprint density at radius 1 is 1.16 bits per heavy atom. The highest BCUT2D eigenvalue weighted by molar-refractivity contribution is 5.90. The summed E-state index contributed by atoms with van der Waals surface area (Å²) in [4.78, 5) is 21.4. The molecule has 0 spiro atoms. The van der Waals surface area contributed by atoms with Crippen molar-refractivity contribution in [2.75, 3.05) is 20.6 Å². The zero-order valence-electron chi connectivity index (χ0n) is 19.4. The molecule has 0 radical (unpaired) electrons. The van der Waals surface area contributed by atoms with Gasteiger partial charge in [0.15, 0.2) is 0 Å². The van der Waals surface area contributed by atoms with E-state index in [0.29, 0.717) is 17.6 Å². The molecule has 6 heteroatoms. The molecule has 1 aromatic carbocycles. The van der Waals surface area contributed by atoms with Crippen LogP contribution in [0.4, 0.5) is 0 Å². The summed E-state index contributed by atoms with van der Waals surface area (Å²) in [5.74, 6) is -2.51. The van der Waals surface area contributed by atoms with Gasteiger partial charge in [0.2, 0.25) is 0 Å². The van der Waals surface area contributed by atoms with Crippen molar-refractivity contribution in [2.45, 2.75) is 64.8 Å². The summed E-state index contributed by atoms with van der Waals surface area (Å²) in [6.07, 6.45) is 7.40. The first-order valence-corrected chi connectivity index (χ1v) is 11.1. The molecule has 1 aromatic heterocycles. The van der Waals surface area contributed by atoms with Crippen LogP contribution in [0.3, 0.4) is 0 Å². The van der Waals surface area contributed by atoms with Crippen molar-refractivity contribution in [3.05, 3.63) is 47.2 Å². The number of aromatic nitrogens is 1. The number of aryl methyl sites for hydroxylation is 3. The number of nitrogens with zero attached hydrogens (tertiary/aromatic N) is 2. The Balaban J connectivity index is 0.000000366. The molecule has 0 aliphatic heterocycles. The van der Waals surface area contributed by atoms with Gasteiger partial charge in [-0.05, 0) is 70.8 Å². The minimum atomic E-state index is -1.26. The Kier molecular flexibility index (Phi) is 8.45. The molecule has 2 N–H and O–H groups in total. The molecule has 0 saturated heterocycles. The van der Waals surface area contributed by atoms with E-state index in [1.54, 1.807) is 11.3 Å². The molecular weight excluding hydrogens is 392 g/mol. The van der Waals surface area contributed by atoms with E-state index in [-0.39, 0.29) is 0 Å². The highest BCUT2D eigenvalue weighted by Crippen LogP contribution is 2.45. The summed E-state index contributed by atoms with van der Waals surface area (Å²) in [5, 5.41) is 17.1. The van der Waals surface area contributed by atoms with Crippen LogP contribution in [0.2, 0.25) is 0 Å². The fourth-order valence-electron chi connectivity index (χ4n) is 4.73. The van der Waals surface area contributed by atoms with Crippen LogP contribution in [0, 0.1) is 0 Å². The second-order valence-electron chi connectivity index (χ2n) is 8.72. The summed E-state index contributed by atoms with van der Waals surface area (Å²) < 4.78 is 2.65. The Morgan fingerprint density at radius 2 is 1.81 bits per heavy atom. The highest BCUT2D eigenvalue weighted by atomic mass is 16.4. The van der Waals surface area contributed by atoms with E-state index in [0.717, 1.165) is 13.0 Å². The van der Waals surface area contributed by atoms with Gasteiger partial charge in [-0.2, -0.15) is 0 Å². The third-order valence-corrected chi connectivity index (χ3v) is 6.17. The van der Waals surface area contributed by atoms with Crippen LogP contribution in [0.25, 0.3) is 10.9 Å². The number of rotatable bonds is 7. The smallest absolute Gasteiger partial charge is 0.328 e. The van der Waals surface area contributed by atoms with Crippen molar-refractivity contribution in [1.29, 1.82) is 0 Å². The van der Waals surface area contributed by atoms with E-state index < -0.39 is 11.9 Å². The normalized spacial score (nSPS) is 18.1. The molecule has 0 amide bonds. The first kappa shape index (κ1) is 24.7. The van der Waals surface area contributed by atoms with Gasteiger partial charge in [-0.3, -0.25) is 0 Å². The molecule has 3 rings (SSSR count). The topological polar surface area (TPSA) is 82.8 Å². The number of aliphatic carboxylic acids is 2. The summed E-state index contributed by atoms with van der Waals surface area (Å²) in [6, 6.07) is 6.93. The zero-order valence-corrected chi connectivity index (χ0v) is 19.4. The van der Waals surface area contributed by atoms with Crippen LogP contribution in [0.15, 0.2) is 30.4 Å². The molecule has 170 valence electrons. The Hall–Kier alpha value is -2.60. The first-order chi connectivity index (χ1) is 14.6. The third kappa shape index (κ3) is 5.76. The van der Waals surface area contributed by atoms with Crippen LogP contribution < -0.4 is 0 Å². The van der Waals surface area contributed by atoms with Gasteiger partial charge in [-0.25, -0.2) is 9.59 Å². The van der Waals surface area contributed by atoms with Crippen molar-refractivity contribution in [3.8, 4) is 0 Å². The number of fused-ring (bicyclic) bond motifs is 3. The van der Waals surface area contributed by atoms with E-state index in [9.17, 15) is 9.59 Å². The van der Waals surface area contributed by atoms with Crippen LogP contribution in [-0.2, 0) is 34.4 Å². The largest absolute Gasteiger partial charge is 0.478 e. The van der Waals surface area contributed by atoms with Crippen LogP contribution in [-0.4, -0.2) is 52.3 Å². The van der Waals surface area contributed by atoms with Crippen molar-refractivity contribution < 1.29 is 19.8 Å². The Labute approximate surface area is 185 Å². The van der Waals surface area contributed by atoms with E-state index >= 15 is 0 Å². The predicted molar refractivity (Wildman–Crippen MR) is 125 cm³/mol. The molecule has 1 atom stereocenters. The fourth-order valence-corrected chi connectivity index (χ4v) is 4.73. The molecule has 1 unspecified atom stereocenters. The molecule has 2 aromatic rings. The van der Waals surface area contributed by atoms with E-state index in [4.69, 9.17) is 10.2 Å². The maximum atomic E-state index is 9.55. The monoisotopic (exact) mass is 428 g/mol. The van der Waals surface area contributed by atoms with Gasteiger partial charge in [-0.1, -0.05) is 32.0 Å².